The van der Waals surface area contributed by atoms with E-state index in [9.17, 15) is 17.6 Å². The van der Waals surface area contributed by atoms with E-state index in [1.807, 2.05) is 0 Å². The predicted octanol–water partition coefficient (Wildman–Crippen LogP) is 4.40. The molecule has 114 valence electrons. The first kappa shape index (κ1) is 16.7. The molecule has 19 heavy (non-hydrogen) atoms. The van der Waals surface area contributed by atoms with Crippen molar-refractivity contribution in [2.45, 2.75) is 72.5 Å². The fraction of sp³-hybridized carbons (Fsp3) is 1.00. The molecular weight excluding hydrogens is 260 g/mol. The molecule has 0 amide bonds. The number of alkyl halides is 4. The molecule has 0 radical (unpaired) electrons. The van der Waals surface area contributed by atoms with Gasteiger partial charge in [-0.25, -0.2) is 17.6 Å². The summed E-state index contributed by atoms with van der Waals surface area (Å²) in [7, 11) is 0. The number of halogens is 4. The van der Waals surface area contributed by atoms with E-state index in [2.05, 4.69) is 0 Å². The lowest BCUT2D eigenvalue weighted by Gasteiger charge is -2.36. The van der Waals surface area contributed by atoms with Crippen LogP contribution in [0.15, 0.2) is 0 Å². The Bertz CT molecular complexity index is 308. The van der Waals surface area contributed by atoms with Gasteiger partial charge in [-0.1, -0.05) is 41.5 Å². The van der Waals surface area contributed by atoms with Crippen molar-refractivity contribution in [1.82, 2.24) is 0 Å². The molecule has 5 heteroatoms. The highest BCUT2D eigenvalue weighted by atomic mass is 19.2. The average molecular weight is 284 g/mol. The first-order valence-electron chi connectivity index (χ1n) is 6.59. The summed E-state index contributed by atoms with van der Waals surface area (Å²) >= 11 is 0. The third-order valence-electron chi connectivity index (χ3n) is 3.57. The third-order valence-corrected chi connectivity index (χ3v) is 3.57. The second kappa shape index (κ2) is 5.23. The lowest BCUT2D eigenvalue weighted by atomic mass is 9.74. The van der Waals surface area contributed by atoms with Crippen LogP contribution in [-0.4, -0.2) is 31.0 Å². The van der Waals surface area contributed by atoms with Crippen LogP contribution in [0.25, 0.3) is 0 Å². The summed E-state index contributed by atoms with van der Waals surface area (Å²) in [5.74, 6) is -1.41. The molecule has 1 rings (SSSR count). The first-order valence-corrected chi connectivity index (χ1v) is 6.59. The lowest BCUT2D eigenvalue weighted by Crippen LogP contribution is -2.46. The predicted molar refractivity (Wildman–Crippen MR) is 66.9 cm³/mol. The van der Waals surface area contributed by atoms with Crippen LogP contribution in [0.3, 0.4) is 0 Å². The minimum Gasteiger partial charge on any atom is -0.339 e. The summed E-state index contributed by atoms with van der Waals surface area (Å²) in [6.07, 6.45) is -9.07. The Morgan fingerprint density at radius 3 is 1.63 bits per heavy atom. The maximum atomic E-state index is 14.4. The highest BCUT2D eigenvalue weighted by Crippen LogP contribution is 2.45. The van der Waals surface area contributed by atoms with Gasteiger partial charge >= 0.3 is 0 Å². The molecule has 0 aromatic heterocycles. The zero-order chi connectivity index (χ0) is 15.2. The highest BCUT2D eigenvalue weighted by molar-refractivity contribution is 5.00. The van der Waals surface area contributed by atoms with Gasteiger partial charge in [0.05, 0.1) is 5.92 Å². The van der Waals surface area contributed by atoms with Gasteiger partial charge in [0.25, 0.3) is 0 Å². The summed E-state index contributed by atoms with van der Waals surface area (Å²) < 4.78 is 60.7. The Morgan fingerprint density at radius 2 is 1.26 bits per heavy atom. The quantitative estimate of drug-likeness (QED) is 0.683. The molecule has 0 saturated carbocycles. The van der Waals surface area contributed by atoms with E-state index in [1.54, 1.807) is 41.5 Å². The molecule has 1 nitrogen and oxygen atoms in total. The molecule has 0 bridgehead atoms. The topological polar surface area (TPSA) is 9.23 Å². The highest BCUT2D eigenvalue weighted by Gasteiger charge is 2.56. The van der Waals surface area contributed by atoms with Crippen LogP contribution in [0.1, 0.15) is 41.5 Å². The van der Waals surface area contributed by atoms with E-state index in [0.29, 0.717) is 0 Å². The molecule has 0 aromatic rings. The molecule has 1 aliphatic rings. The van der Waals surface area contributed by atoms with Gasteiger partial charge in [0.2, 0.25) is 6.36 Å². The summed E-state index contributed by atoms with van der Waals surface area (Å²) in [6, 6.07) is 0. The monoisotopic (exact) mass is 284 g/mol. The number of ether oxygens (including phenoxy) is 1. The van der Waals surface area contributed by atoms with Crippen molar-refractivity contribution in [1.29, 1.82) is 0 Å². The van der Waals surface area contributed by atoms with Crippen molar-refractivity contribution in [2.75, 3.05) is 0 Å². The number of hydrogen-bond donors (Lipinski definition) is 0. The smallest absolute Gasteiger partial charge is 0.231 e. The number of rotatable bonds is 2. The van der Waals surface area contributed by atoms with Gasteiger partial charge in [0.15, 0.2) is 6.17 Å². The van der Waals surface area contributed by atoms with Crippen LogP contribution in [0.4, 0.5) is 17.6 Å². The van der Waals surface area contributed by atoms with Crippen molar-refractivity contribution in [3.63, 3.8) is 0 Å². The molecule has 0 spiro atoms. The molecule has 0 aliphatic carbocycles. The average Bonchev–Trinajstić information content (AvgIpc) is 2.50. The Balaban J connectivity index is 3.03. The molecule has 1 aliphatic heterocycles. The second-order valence-corrected chi connectivity index (χ2v) is 7.51. The zero-order valence-corrected chi connectivity index (χ0v) is 12.4. The van der Waals surface area contributed by atoms with E-state index in [1.165, 1.54) is 0 Å². The van der Waals surface area contributed by atoms with Gasteiger partial charge < -0.3 is 4.74 Å². The largest absolute Gasteiger partial charge is 0.339 e. The normalized spacial score (nSPS) is 36.3. The maximum Gasteiger partial charge on any atom is 0.231 e. The summed E-state index contributed by atoms with van der Waals surface area (Å²) in [4.78, 5) is 0. The Kier molecular flexibility index (Phi) is 4.60. The minimum absolute atomic E-state index is 0.857. The van der Waals surface area contributed by atoms with Gasteiger partial charge in [0, 0.05) is 0 Å². The molecule has 1 heterocycles. The van der Waals surface area contributed by atoms with Crippen LogP contribution in [0.5, 0.6) is 0 Å². The third kappa shape index (κ3) is 3.41. The number of hydrogen-bond acceptors (Lipinski definition) is 1. The van der Waals surface area contributed by atoms with Crippen LogP contribution < -0.4 is 0 Å². The first-order chi connectivity index (χ1) is 8.37. The molecule has 1 saturated heterocycles. The minimum atomic E-state index is -2.25. The van der Waals surface area contributed by atoms with Gasteiger partial charge in [-0.15, -0.1) is 0 Å². The van der Waals surface area contributed by atoms with Crippen LogP contribution >= 0.6 is 0 Å². The van der Waals surface area contributed by atoms with Crippen LogP contribution in [0, 0.1) is 16.7 Å². The van der Waals surface area contributed by atoms with Crippen LogP contribution in [0.2, 0.25) is 0 Å². The van der Waals surface area contributed by atoms with Crippen molar-refractivity contribution < 1.29 is 22.3 Å². The van der Waals surface area contributed by atoms with Crippen LogP contribution in [-0.2, 0) is 4.74 Å². The second-order valence-electron chi connectivity index (χ2n) is 7.51. The van der Waals surface area contributed by atoms with Crippen molar-refractivity contribution >= 4 is 0 Å². The van der Waals surface area contributed by atoms with E-state index in [0.717, 1.165) is 0 Å². The van der Waals surface area contributed by atoms with E-state index >= 15 is 0 Å². The van der Waals surface area contributed by atoms with E-state index in [-0.39, 0.29) is 0 Å². The standard InChI is InChI=1S/C14H24F4O/c1-13(2,3)10(16)7-8(15)12(18)19-9(7)11(17)14(4,5)6/h7-12H,1-6H3. The summed E-state index contributed by atoms with van der Waals surface area (Å²) in [6.45, 7) is 9.54. The summed E-state index contributed by atoms with van der Waals surface area (Å²) in [5.41, 5.74) is -1.75. The Hall–Kier alpha value is -0.320. The molecule has 1 fully saturated rings. The van der Waals surface area contributed by atoms with Gasteiger partial charge in [-0.2, -0.15) is 0 Å². The molecule has 6 unspecified atom stereocenters. The van der Waals surface area contributed by atoms with E-state index in [4.69, 9.17) is 4.74 Å². The van der Waals surface area contributed by atoms with Crippen molar-refractivity contribution in [3.05, 3.63) is 0 Å². The fourth-order valence-electron chi connectivity index (χ4n) is 2.33. The fourth-order valence-corrected chi connectivity index (χ4v) is 2.33. The molecule has 0 aromatic carbocycles. The zero-order valence-electron chi connectivity index (χ0n) is 12.4. The van der Waals surface area contributed by atoms with Gasteiger partial charge in [-0.05, 0) is 10.8 Å². The summed E-state index contributed by atoms with van der Waals surface area (Å²) in [5, 5.41) is 0. The van der Waals surface area contributed by atoms with Crippen molar-refractivity contribution in [2.24, 2.45) is 16.7 Å². The van der Waals surface area contributed by atoms with Gasteiger partial charge in [-0.3, -0.25) is 0 Å². The maximum absolute atomic E-state index is 14.4. The Morgan fingerprint density at radius 1 is 0.842 bits per heavy atom. The SMILES string of the molecule is CC(C)(C)C(F)C1OC(F)C(F)C1C(F)C(C)(C)C. The molecule has 0 N–H and O–H groups in total. The Labute approximate surface area is 112 Å². The molecule has 6 atom stereocenters. The van der Waals surface area contributed by atoms with Crippen molar-refractivity contribution in [3.8, 4) is 0 Å². The molecular formula is C14H24F4O. The van der Waals surface area contributed by atoms with Gasteiger partial charge in [0.1, 0.15) is 18.4 Å². The lowest BCUT2D eigenvalue weighted by molar-refractivity contribution is -0.102. The van der Waals surface area contributed by atoms with E-state index < -0.39 is 47.7 Å².